The maximum Gasteiger partial charge on any atom is 0.263 e. The van der Waals surface area contributed by atoms with Crippen molar-refractivity contribution in [1.82, 2.24) is 15.3 Å². The van der Waals surface area contributed by atoms with Crippen LogP contribution in [0.5, 0.6) is 0 Å². The number of fused-ring (bicyclic) bond motifs is 4. The topological polar surface area (TPSA) is 84.1 Å². The molecule has 3 heterocycles. The van der Waals surface area contributed by atoms with Gasteiger partial charge in [-0.3, -0.25) is 4.79 Å². The summed E-state index contributed by atoms with van der Waals surface area (Å²) in [6.45, 7) is 3.11. The first-order chi connectivity index (χ1) is 15.0. The summed E-state index contributed by atoms with van der Waals surface area (Å²) in [5.74, 6) is 0.786. The number of hydrogen-bond acceptors (Lipinski definition) is 6. The van der Waals surface area contributed by atoms with Gasteiger partial charge >= 0.3 is 0 Å². The van der Waals surface area contributed by atoms with Crippen molar-refractivity contribution >= 4 is 39.0 Å². The fraction of sp³-hybridized carbons (Fsp3) is 0.458. The normalized spacial score (nSPS) is 24.5. The third-order valence-corrected chi connectivity index (χ3v) is 8.35. The molecule has 6 nitrogen and oxygen atoms in total. The molecule has 3 atom stereocenters. The summed E-state index contributed by atoms with van der Waals surface area (Å²) >= 11 is 1.33. The van der Waals surface area contributed by atoms with Gasteiger partial charge in [-0.15, -0.1) is 11.3 Å². The van der Waals surface area contributed by atoms with Gasteiger partial charge in [0.1, 0.15) is 15.2 Å². The van der Waals surface area contributed by atoms with Crippen LogP contribution in [0.3, 0.4) is 0 Å². The van der Waals surface area contributed by atoms with Crippen molar-refractivity contribution in [2.75, 3.05) is 17.2 Å². The van der Waals surface area contributed by atoms with E-state index >= 15 is 0 Å². The summed E-state index contributed by atoms with van der Waals surface area (Å²) < 4.78 is 0. The largest absolute Gasteiger partial charge is 0.396 e. The Hall–Kier alpha value is -2.67. The monoisotopic (exact) mass is 433 g/mol. The van der Waals surface area contributed by atoms with Gasteiger partial charge in [0.25, 0.3) is 5.91 Å². The Balaban J connectivity index is 1.17. The quantitative estimate of drug-likeness (QED) is 0.655. The van der Waals surface area contributed by atoms with Crippen LogP contribution in [-0.2, 0) is 12.8 Å². The lowest BCUT2D eigenvalue weighted by Gasteiger charge is -2.31. The first-order valence-corrected chi connectivity index (χ1v) is 12.1. The maximum atomic E-state index is 13.0. The Kier molecular flexibility index (Phi) is 4.42. The SMILES string of the molecule is Cc1cnc2c(N)c(C(=O)N[C@H]3CCc4cc(N5C[C@@H]6CC[C@H]5C6)ccc4C3)sc2n1. The molecule has 1 aromatic carbocycles. The number of rotatable bonds is 3. The summed E-state index contributed by atoms with van der Waals surface area (Å²) in [4.78, 5) is 25.6. The van der Waals surface area contributed by atoms with Crippen molar-refractivity contribution in [3.63, 3.8) is 0 Å². The molecular weight excluding hydrogens is 406 g/mol. The molecule has 1 saturated carbocycles. The minimum Gasteiger partial charge on any atom is -0.396 e. The van der Waals surface area contributed by atoms with Gasteiger partial charge in [-0.2, -0.15) is 0 Å². The van der Waals surface area contributed by atoms with E-state index in [4.69, 9.17) is 5.73 Å². The Bertz CT molecular complexity index is 1190. The van der Waals surface area contributed by atoms with Crippen LogP contribution in [0.15, 0.2) is 24.4 Å². The highest BCUT2D eigenvalue weighted by molar-refractivity contribution is 7.21. The second-order valence-electron chi connectivity index (χ2n) is 9.36. The molecule has 1 amide bonds. The Morgan fingerprint density at radius 2 is 2.16 bits per heavy atom. The van der Waals surface area contributed by atoms with E-state index in [0.717, 1.165) is 41.7 Å². The summed E-state index contributed by atoms with van der Waals surface area (Å²) in [6, 6.07) is 7.84. The number of aryl methyl sites for hydroxylation is 2. The van der Waals surface area contributed by atoms with E-state index in [9.17, 15) is 4.79 Å². The highest BCUT2D eigenvalue weighted by atomic mass is 32.1. The van der Waals surface area contributed by atoms with Crippen molar-refractivity contribution in [3.05, 3.63) is 46.1 Å². The Labute approximate surface area is 185 Å². The molecule has 7 heteroatoms. The first-order valence-electron chi connectivity index (χ1n) is 11.3. The second kappa shape index (κ2) is 7.19. The Morgan fingerprint density at radius 3 is 2.97 bits per heavy atom. The lowest BCUT2D eigenvalue weighted by molar-refractivity contribution is 0.0938. The van der Waals surface area contributed by atoms with Gasteiger partial charge in [-0.25, -0.2) is 9.97 Å². The lowest BCUT2D eigenvalue weighted by Crippen LogP contribution is -2.39. The van der Waals surface area contributed by atoms with Crippen LogP contribution in [0.4, 0.5) is 11.4 Å². The number of nitrogen functional groups attached to an aromatic ring is 1. The van der Waals surface area contributed by atoms with E-state index in [0.29, 0.717) is 16.1 Å². The van der Waals surface area contributed by atoms with Crippen LogP contribution in [0.1, 0.15) is 52.2 Å². The van der Waals surface area contributed by atoms with Crippen molar-refractivity contribution < 1.29 is 4.79 Å². The molecular formula is C24H27N5OS. The van der Waals surface area contributed by atoms with Crippen molar-refractivity contribution in [2.45, 2.75) is 57.5 Å². The zero-order valence-corrected chi connectivity index (χ0v) is 18.5. The van der Waals surface area contributed by atoms with Crippen LogP contribution in [0, 0.1) is 12.8 Å². The van der Waals surface area contributed by atoms with Crippen molar-refractivity contribution in [2.24, 2.45) is 5.92 Å². The van der Waals surface area contributed by atoms with Crippen LogP contribution in [0.2, 0.25) is 0 Å². The standard InChI is InChI=1S/C24H27N5OS/c1-13-11-26-21-20(25)22(31-24(21)27-13)23(30)28-17-5-3-16-10-19(7-4-15(16)9-17)29-12-14-2-6-18(29)8-14/h4,7,10-11,14,17-18H,2-3,5-6,8-9,12,25H2,1H3,(H,28,30)/t14-,17+,18+/m1/s1. The molecule has 0 unspecified atom stereocenters. The molecule has 2 aliphatic carbocycles. The highest BCUT2D eigenvalue weighted by Gasteiger charge is 2.38. The molecule has 1 saturated heterocycles. The number of carbonyl (C=O) groups excluding carboxylic acids is 1. The number of amides is 1. The van der Waals surface area contributed by atoms with E-state index in [2.05, 4.69) is 38.4 Å². The predicted molar refractivity (Wildman–Crippen MR) is 125 cm³/mol. The molecule has 0 spiro atoms. The number of carbonyl (C=O) groups is 1. The number of aromatic nitrogens is 2. The smallest absolute Gasteiger partial charge is 0.263 e. The maximum absolute atomic E-state index is 13.0. The van der Waals surface area contributed by atoms with Crippen molar-refractivity contribution in [3.8, 4) is 0 Å². The van der Waals surface area contributed by atoms with E-state index in [1.54, 1.807) is 6.20 Å². The number of nitrogens with one attached hydrogen (secondary N) is 1. The molecule has 3 aliphatic rings. The molecule has 31 heavy (non-hydrogen) atoms. The average Bonchev–Trinajstić information content (AvgIpc) is 3.48. The minimum absolute atomic E-state index is 0.113. The Morgan fingerprint density at radius 1 is 1.26 bits per heavy atom. The van der Waals surface area contributed by atoms with Crippen LogP contribution >= 0.6 is 11.3 Å². The van der Waals surface area contributed by atoms with Gasteiger partial charge in [0.2, 0.25) is 0 Å². The highest BCUT2D eigenvalue weighted by Crippen LogP contribution is 2.41. The predicted octanol–water partition coefficient (Wildman–Crippen LogP) is 3.86. The van der Waals surface area contributed by atoms with Gasteiger partial charge in [0.05, 0.1) is 11.4 Å². The number of hydrogen-bond donors (Lipinski definition) is 2. The molecule has 2 fully saturated rings. The average molecular weight is 434 g/mol. The van der Waals surface area contributed by atoms with Gasteiger partial charge < -0.3 is 16.0 Å². The molecule has 3 N–H and O–H groups in total. The zero-order chi connectivity index (χ0) is 21.1. The molecule has 6 rings (SSSR count). The number of benzene rings is 1. The van der Waals surface area contributed by atoms with E-state index in [1.165, 1.54) is 54.0 Å². The number of nitrogens with two attached hydrogens (primary N) is 1. The van der Waals surface area contributed by atoms with Crippen LogP contribution in [0.25, 0.3) is 10.3 Å². The van der Waals surface area contributed by atoms with Crippen LogP contribution in [-0.4, -0.2) is 34.5 Å². The molecule has 3 aromatic rings. The van der Waals surface area contributed by atoms with E-state index in [1.807, 2.05) is 6.92 Å². The van der Waals surface area contributed by atoms with Gasteiger partial charge in [0.15, 0.2) is 0 Å². The summed E-state index contributed by atoms with van der Waals surface area (Å²) in [6.07, 6.45) is 8.64. The molecule has 2 bridgehead atoms. The fourth-order valence-corrected chi connectivity index (χ4v) is 6.67. The minimum atomic E-state index is -0.113. The first kappa shape index (κ1) is 19.0. The van der Waals surface area contributed by atoms with Gasteiger partial charge in [-0.1, -0.05) is 6.07 Å². The second-order valence-corrected chi connectivity index (χ2v) is 10.4. The third-order valence-electron chi connectivity index (χ3n) is 7.26. The van der Waals surface area contributed by atoms with Gasteiger partial charge in [0, 0.05) is 30.5 Å². The fourth-order valence-electron chi connectivity index (χ4n) is 5.67. The lowest BCUT2D eigenvalue weighted by atomic mass is 9.87. The summed E-state index contributed by atoms with van der Waals surface area (Å²) in [7, 11) is 0. The zero-order valence-electron chi connectivity index (χ0n) is 17.7. The van der Waals surface area contributed by atoms with E-state index < -0.39 is 0 Å². The molecule has 1 aliphatic heterocycles. The van der Waals surface area contributed by atoms with Gasteiger partial charge in [-0.05, 0) is 74.6 Å². The molecule has 0 radical (unpaired) electrons. The van der Waals surface area contributed by atoms with Crippen molar-refractivity contribution in [1.29, 1.82) is 0 Å². The number of thiophene rings is 1. The molecule has 160 valence electrons. The molecule has 2 aromatic heterocycles. The van der Waals surface area contributed by atoms with Crippen LogP contribution < -0.4 is 16.0 Å². The summed E-state index contributed by atoms with van der Waals surface area (Å²) in [5, 5.41) is 3.21. The third kappa shape index (κ3) is 3.26. The van der Waals surface area contributed by atoms with E-state index in [-0.39, 0.29) is 11.9 Å². The summed E-state index contributed by atoms with van der Waals surface area (Å²) in [5.41, 5.74) is 12.3. The number of piperidine rings is 1. The number of anilines is 2. The number of nitrogens with zero attached hydrogens (tertiary/aromatic N) is 3.